The molecule has 0 aromatic heterocycles. The first-order valence-electron chi connectivity index (χ1n) is 0. The molecule has 0 saturated heterocycles. The third-order valence-corrected chi connectivity index (χ3v) is 0. The van der Waals surface area contributed by atoms with E-state index in [0.717, 1.165) is 0 Å². The summed E-state index contributed by atoms with van der Waals surface area (Å²) in [6.07, 6.45) is 0. The third kappa shape index (κ3) is 8.97. The molecule has 0 nitrogen and oxygen atoms in total. The first kappa shape index (κ1) is 36.7. The van der Waals surface area contributed by atoms with Gasteiger partial charge in [-0.25, -0.2) is 0 Å². The Balaban J connectivity index is 0. The maximum absolute atomic E-state index is 0. The molecule has 0 heterocycles. The summed E-state index contributed by atoms with van der Waals surface area (Å²) in [5.41, 5.74) is 0. The molecular formula is H5MnNiSbSi. The van der Waals surface area contributed by atoms with E-state index in [1.54, 1.807) is 0 Å². The normalized spacial score (nSPS) is 0. The molecule has 0 aromatic rings. The van der Waals surface area contributed by atoms with E-state index in [2.05, 4.69) is 0 Å². The van der Waals surface area contributed by atoms with E-state index in [9.17, 15) is 0 Å². The Bertz CT molecular complexity index is 8.00. The molecule has 0 atom stereocenters. The van der Waals surface area contributed by atoms with Gasteiger partial charge in [0.2, 0.25) is 0 Å². The molecule has 0 aromatic carbocycles. The van der Waals surface area contributed by atoms with Gasteiger partial charge in [0, 0.05) is 33.6 Å². The van der Waals surface area contributed by atoms with E-state index in [0.29, 0.717) is 0 Å². The maximum atomic E-state index is 0. The van der Waals surface area contributed by atoms with Gasteiger partial charge in [-0.15, -0.1) is 0 Å². The average Bonchev–Trinajstić information content (AvgIpc) is 0. The molecule has 0 rings (SSSR count). The topological polar surface area (TPSA) is 0 Å². The summed E-state index contributed by atoms with van der Waals surface area (Å²) in [7, 11) is 0. The molecular weight excluding hydrogens is 263 g/mol. The molecule has 3 radical (unpaired) electrons. The van der Waals surface area contributed by atoms with E-state index in [4.69, 9.17) is 0 Å². The quantitative estimate of drug-likeness (QED) is 0.442. The van der Waals surface area contributed by atoms with Crippen LogP contribution in [0.2, 0.25) is 0 Å². The van der Waals surface area contributed by atoms with Gasteiger partial charge in [-0.05, 0) is 11.0 Å². The van der Waals surface area contributed by atoms with Gasteiger partial charge < -0.3 is 0 Å². The molecule has 0 spiro atoms. The molecule has 0 bridgehead atoms. The van der Waals surface area contributed by atoms with Crippen molar-refractivity contribution < 1.29 is 33.6 Å². The number of rotatable bonds is 0. The average molecular weight is 269 g/mol. The molecule has 0 fully saturated rings. The zero-order valence-electron chi connectivity index (χ0n) is 2.27. The van der Waals surface area contributed by atoms with E-state index >= 15 is 0 Å². The summed E-state index contributed by atoms with van der Waals surface area (Å²) in [6, 6.07) is 0. The summed E-state index contributed by atoms with van der Waals surface area (Å²) < 4.78 is 0. The zero-order valence-corrected chi connectivity index (χ0v) is 9.74. The minimum absolute atomic E-state index is 0. The Labute approximate surface area is 68.4 Å². The van der Waals surface area contributed by atoms with Crippen LogP contribution in [-0.4, -0.2) is 35.4 Å². The molecule has 4 heteroatoms. The van der Waals surface area contributed by atoms with E-state index < -0.39 is 0 Å². The number of hydrogen-bond donors (Lipinski definition) is 0. The summed E-state index contributed by atoms with van der Waals surface area (Å²) in [5, 5.41) is 0. The molecule has 0 N–H and O–H groups in total. The Morgan fingerprint density at radius 3 is 1.00 bits per heavy atom. The van der Waals surface area contributed by atoms with Gasteiger partial charge in [-0.2, -0.15) is 0 Å². The van der Waals surface area contributed by atoms with Crippen LogP contribution in [-0.2, 0) is 33.6 Å². The van der Waals surface area contributed by atoms with E-state index in [-0.39, 0.29) is 69.0 Å². The van der Waals surface area contributed by atoms with Crippen LogP contribution >= 0.6 is 0 Å². The number of hydrogen-bond acceptors (Lipinski definition) is 0. The van der Waals surface area contributed by atoms with Crippen LogP contribution in [0.15, 0.2) is 0 Å². The monoisotopic (exact) mass is 267 g/mol. The Morgan fingerprint density at radius 2 is 1.00 bits per heavy atom. The molecule has 0 aliphatic heterocycles. The standard InChI is InChI=1S/Mn.Ni.Sb.H3Si.2H/h;;;1H3;;. The largest absolute Gasteiger partial charge is 0.0125 e. The second-order valence-electron chi connectivity index (χ2n) is 0. The van der Waals surface area contributed by atoms with Crippen molar-refractivity contribution in [2.45, 2.75) is 0 Å². The minimum Gasteiger partial charge on any atom is -0.0125 e. The van der Waals surface area contributed by atoms with E-state index in [1.807, 2.05) is 0 Å². The Morgan fingerprint density at radius 1 is 1.00 bits per heavy atom. The van der Waals surface area contributed by atoms with Crippen molar-refractivity contribution in [2.24, 2.45) is 0 Å². The van der Waals surface area contributed by atoms with Crippen molar-refractivity contribution in [2.75, 3.05) is 0 Å². The van der Waals surface area contributed by atoms with Crippen LogP contribution < -0.4 is 0 Å². The second kappa shape index (κ2) is 19.7. The van der Waals surface area contributed by atoms with Crippen molar-refractivity contribution in [3.05, 3.63) is 0 Å². The maximum Gasteiger partial charge on any atom is -0.0125 e. The second-order valence-corrected chi connectivity index (χ2v) is 0. The fraction of sp³-hybridized carbons (Fsp3) is 0. The van der Waals surface area contributed by atoms with Gasteiger partial charge in [0.15, 0.2) is 0 Å². The summed E-state index contributed by atoms with van der Waals surface area (Å²) in [4.78, 5) is 0. The Hall–Kier alpha value is 2.05. The Kier molecular flexibility index (Phi) is 181. The van der Waals surface area contributed by atoms with Gasteiger partial charge in [0.1, 0.15) is 0 Å². The van der Waals surface area contributed by atoms with Gasteiger partial charge in [0.25, 0.3) is 0 Å². The van der Waals surface area contributed by atoms with Gasteiger partial charge in [-0.3, -0.25) is 0 Å². The van der Waals surface area contributed by atoms with Crippen molar-refractivity contribution >= 4 is 35.4 Å². The van der Waals surface area contributed by atoms with Crippen LogP contribution in [0.25, 0.3) is 0 Å². The first-order chi connectivity index (χ1) is 0. The van der Waals surface area contributed by atoms with Gasteiger partial charge >= 0.3 is 24.4 Å². The van der Waals surface area contributed by atoms with Crippen LogP contribution in [0.3, 0.4) is 0 Å². The third-order valence-electron chi connectivity index (χ3n) is 0. The molecule has 0 saturated carbocycles. The molecule has 0 unspecified atom stereocenters. The molecule has 0 aliphatic carbocycles. The van der Waals surface area contributed by atoms with Crippen LogP contribution in [0.1, 0.15) is 0 Å². The predicted octanol–water partition coefficient (Wildman–Crippen LogP) is -2.11. The van der Waals surface area contributed by atoms with E-state index in [1.165, 1.54) is 0 Å². The molecule has 0 amide bonds. The van der Waals surface area contributed by atoms with Crippen molar-refractivity contribution in [3.63, 3.8) is 0 Å². The summed E-state index contributed by atoms with van der Waals surface area (Å²) in [6.45, 7) is 0. The molecule has 4 heavy (non-hydrogen) atoms. The van der Waals surface area contributed by atoms with Crippen molar-refractivity contribution in [1.82, 2.24) is 0 Å². The fourth-order valence-corrected chi connectivity index (χ4v) is 0. The predicted molar refractivity (Wildman–Crippen MR) is 18.5 cm³/mol. The van der Waals surface area contributed by atoms with Crippen LogP contribution in [0.4, 0.5) is 0 Å². The SMILES string of the molecule is [Mn].[Ni].[SbH2].[SiH3]. The van der Waals surface area contributed by atoms with Crippen LogP contribution in [0.5, 0.6) is 0 Å². The van der Waals surface area contributed by atoms with Crippen LogP contribution in [0, 0.1) is 0 Å². The van der Waals surface area contributed by atoms with Crippen molar-refractivity contribution in [1.29, 1.82) is 0 Å². The summed E-state index contributed by atoms with van der Waals surface area (Å²) in [5.74, 6) is 0. The molecule has 0 aliphatic rings. The fourth-order valence-electron chi connectivity index (χ4n) is 0. The van der Waals surface area contributed by atoms with Gasteiger partial charge in [-0.1, -0.05) is 0 Å². The smallest absolute Gasteiger partial charge is 0.0125 e. The minimum atomic E-state index is 0. The molecule has 31 valence electrons. The first-order valence-corrected chi connectivity index (χ1v) is 0. The summed E-state index contributed by atoms with van der Waals surface area (Å²) >= 11 is 0. The van der Waals surface area contributed by atoms with Gasteiger partial charge in [0.05, 0.1) is 0 Å². The zero-order chi connectivity index (χ0) is 0. The van der Waals surface area contributed by atoms with Crippen molar-refractivity contribution in [3.8, 4) is 0 Å².